The number of halogens is 2. The summed E-state index contributed by atoms with van der Waals surface area (Å²) in [7, 11) is 0. The molecule has 0 saturated carbocycles. The lowest BCUT2D eigenvalue weighted by Crippen LogP contribution is -2.31. The van der Waals surface area contributed by atoms with E-state index in [-0.39, 0.29) is 18.6 Å². The van der Waals surface area contributed by atoms with Crippen molar-refractivity contribution in [1.29, 1.82) is 0 Å². The van der Waals surface area contributed by atoms with Crippen molar-refractivity contribution in [3.8, 4) is 5.75 Å². The lowest BCUT2D eigenvalue weighted by atomic mass is 10.0. The van der Waals surface area contributed by atoms with Crippen LogP contribution < -0.4 is 10.1 Å². The average molecular weight is 409 g/mol. The summed E-state index contributed by atoms with van der Waals surface area (Å²) in [5, 5.41) is 3.60. The van der Waals surface area contributed by atoms with Gasteiger partial charge < -0.3 is 10.1 Å². The van der Waals surface area contributed by atoms with Gasteiger partial charge in [0.2, 0.25) is 0 Å². The molecular formula is C19H19BrClNO2. The summed E-state index contributed by atoms with van der Waals surface area (Å²) in [4.78, 5) is 12.1. The van der Waals surface area contributed by atoms with Gasteiger partial charge >= 0.3 is 0 Å². The number of nitrogens with one attached hydrogen (secondary N) is 1. The Balaban J connectivity index is 1.56. The van der Waals surface area contributed by atoms with Crippen molar-refractivity contribution >= 4 is 33.4 Å². The van der Waals surface area contributed by atoms with Crippen molar-refractivity contribution in [2.24, 2.45) is 0 Å². The van der Waals surface area contributed by atoms with Crippen LogP contribution in [0.4, 0.5) is 0 Å². The molecule has 5 heteroatoms. The summed E-state index contributed by atoms with van der Waals surface area (Å²) in [5.41, 5.74) is 3.99. The Labute approximate surface area is 155 Å². The van der Waals surface area contributed by atoms with E-state index in [1.165, 1.54) is 24.0 Å². The highest BCUT2D eigenvalue weighted by Crippen LogP contribution is 2.28. The predicted molar refractivity (Wildman–Crippen MR) is 99.7 cm³/mol. The van der Waals surface area contributed by atoms with Crippen LogP contribution in [0.15, 0.2) is 40.9 Å². The van der Waals surface area contributed by atoms with Crippen LogP contribution in [0.25, 0.3) is 0 Å². The minimum Gasteiger partial charge on any atom is -0.483 e. The maximum atomic E-state index is 12.1. The molecule has 2 aromatic carbocycles. The Bertz CT molecular complexity index is 763. The summed E-state index contributed by atoms with van der Waals surface area (Å²) in [6.45, 7) is 1.96. The fourth-order valence-corrected chi connectivity index (χ4v) is 3.76. The first-order valence-corrected chi connectivity index (χ1v) is 9.19. The Morgan fingerprint density at radius 3 is 2.83 bits per heavy atom. The van der Waals surface area contributed by atoms with E-state index in [1.54, 1.807) is 18.2 Å². The van der Waals surface area contributed by atoms with Crippen LogP contribution in [0.5, 0.6) is 5.75 Å². The highest BCUT2D eigenvalue weighted by molar-refractivity contribution is 9.10. The van der Waals surface area contributed by atoms with E-state index >= 15 is 0 Å². The van der Waals surface area contributed by atoms with E-state index < -0.39 is 0 Å². The quantitative estimate of drug-likeness (QED) is 0.768. The number of carbonyl (C=O) groups is 1. The van der Waals surface area contributed by atoms with Crippen LogP contribution >= 0.6 is 27.5 Å². The summed E-state index contributed by atoms with van der Waals surface area (Å²) in [5.74, 6) is 0.449. The Morgan fingerprint density at radius 1 is 1.25 bits per heavy atom. The van der Waals surface area contributed by atoms with Crippen molar-refractivity contribution in [2.75, 3.05) is 6.61 Å². The number of amides is 1. The number of ether oxygens (including phenoxy) is 1. The summed E-state index contributed by atoms with van der Waals surface area (Å²) in [6.07, 6.45) is 3.53. The highest BCUT2D eigenvalue weighted by Gasteiger charge is 2.15. The number of hydrogen-bond acceptors (Lipinski definition) is 2. The smallest absolute Gasteiger partial charge is 0.258 e. The molecule has 0 spiro atoms. The monoisotopic (exact) mass is 407 g/mol. The Hall–Kier alpha value is -1.52. The lowest BCUT2D eigenvalue weighted by Gasteiger charge is -2.16. The van der Waals surface area contributed by atoms with Crippen molar-refractivity contribution in [2.45, 2.75) is 32.2 Å². The van der Waals surface area contributed by atoms with Gasteiger partial charge in [0.1, 0.15) is 5.75 Å². The molecule has 1 amide bonds. The van der Waals surface area contributed by atoms with E-state index in [2.05, 4.69) is 39.4 Å². The highest BCUT2D eigenvalue weighted by atomic mass is 79.9. The molecule has 0 saturated heterocycles. The SMILES string of the molecule is C[C@@H](NC(=O)COc1ccc(Cl)cc1Br)c1ccc2c(c1)CCC2. The van der Waals surface area contributed by atoms with E-state index in [1.807, 2.05) is 6.92 Å². The Kier molecular flexibility index (Phi) is 5.47. The second kappa shape index (κ2) is 7.58. The van der Waals surface area contributed by atoms with Crippen LogP contribution in [-0.2, 0) is 17.6 Å². The van der Waals surface area contributed by atoms with Crippen LogP contribution in [-0.4, -0.2) is 12.5 Å². The number of aryl methyl sites for hydroxylation is 2. The fraction of sp³-hybridized carbons (Fsp3) is 0.316. The van der Waals surface area contributed by atoms with Gasteiger partial charge in [0, 0.05) is 5.02 Å². The van der Waals surface area contributed by atoms with Crippen molar-refractivity contribution in [1.82, 2.24) is 5.32 Å². The molecule has 24 heavy (non-hydrogen) atoms. The lowest BCUT2D eigenvalue weighted by molar-refractivity contribution is -0.123. The molecule has 1 N–H and O–H groups in total. The van der Waals surface area contributed by atoms with E-state index in [9.17, 15) is 4.79 Å². The van der Waals surface area contributed by atoms with E-state index in [0.717, 1.165) is 16.5 Å². The second-order valence-electron chi connectivity index (χ2n) is 6.03. The third-order valence-corrected chi connectivity index (χ3v) is 5.11. The molecule has 3 nitrogen and oxygen atoms in total. The second-order valence-corrected chi connectivity index (χ2v) is 7.33. The molecular weight excluding hydrogens is 390 g/mol. The van der Waals surface area contributed by atoms with Gasteiger partial charge in [0.15, 0.2) is 6.61 Å². The van der Waals surface area contributed by atoms with Crippen LogP contribution in [0, 0.1) is 0 Å². The number of fused-ring (bicyclic) bond motifs is 1. The molecule has 0 heterocycles. The maximum Gasteiger partial charge on any atom is 0.258 e. The van der Waals surface area contributed by atoms with E-state index in [4.69, 9.17) is 16.3 Å². The molecule has 2 aromatic rings. The topological polar surface area (TPSA) is 38.3 Å². The van der Waals surface area contributed by atoms with Crippen molar-refractivity contribution in [3.63, 3.8) is 0 Å². The van der Waals surface area contributed by atoms with Gasteiger partial charge in [-0.3, -0.25) is 4.79 Å². The zero-order valence-corrected chi connectivity index (χ0v) is 15.8. The summed E-state index contributed by atoms with van der Waals surface area (Å²) >= 11 is 9.26. The fourth-order valence-electron chi connectivity index (χ4n) is 2.96. The van der Waals surface area contributed by atoms with Gasteiger partial charge in [-0.15, -0.1) is 0 Å². The minimum absolute atomic E-state index is 0.0322. The van der Waals surface area contributed by atoms with E-state index in [0.29, 0.717) is 10.8 Å². The molecule has 126 valence electrons. The minimum atomic E-state index is -0.148. The number of rotatable bonds is 5. The molecule has 0 radical (unpaired) electrons. The van der Waals surface area contributed by atoms with Gasteiger partial charge in [0.25, 0.3) is 5.91 Å². The molecule has 0 aromatic heterocycles. The molecule has 1 atom stereocenters. The molecule has 0 bridgehead atoms. The molecule has 1 aliphatic carbocycles. The Morgan fingerprint density at radius 2 is 2.04 bits per heavy atom. The maximum absolute atomic E-state index is 12.1. The van der Waals surface area contributed by atoms with Crippen LogP contribution in [0.1, 0.15) is 36.1 Å². The van der Waals surface area contributed by atoms with Gasteiger partial charge in [-0.2, -0.15) is 0 Å². The third-order valence-electron chi connectivity index (χ3n) is 4.25. The first-order valence-electron chi connectivity index (χ1n) is 8.02. The first kappa shape index (κ1) is 17.3. The van der Waals surface area contributed by atoms with Crippen LogP contribution in [0.2, 0.25) is 5.02 Å². The third kappa shape index (κ3) is 4.11. The van der Waals surface area contributed by atoms with Crippen molar-refractivity contribution in [3.05, 3.63) is 62.6 Å². The van der Waals surface area contributed by atoms with Gasteiger partial charge in [-0.25, -0.2) is 0 Å². The van der Waals surface area contributed by atoms with Gasteiger partial charge in [0.05, 0.1) is 10.5 Å². The molecule has 0 fully saturated rings. The molecule has 0 unspecified atom stereocenters. The summed E-state index contributed by atoms with van der Waals surface area (Å²) in [6, 6.07) is 11.7. The van der Waals surface area contributed by atoms with Gasteiger partial charge in [-0.1, -0.05) is 29.8 Å². The number of hydrogen-bond donors (Lipinski definition) is 1. The van der Waals surface area contributed by atoms with Gasteiger partial charge in [-0.05, 0) is 77.0 Å². The number of carbonyl (C=O) groups excluding carboxylic acids is 1. The average Bonchev–Trinajstić information content (AvgIpc) is 3.01. The van der Waals surface area contributed by atoms with Crippen LogP contribution in [0.3, 0.4) is 0 Å². The normalized spacial score (nSPS) is 14.1. The largest absolute Gasteiger partial charge is 0.483 e. The predicted octanol–water partition coefficient (Wildman–Crippen LogP) is 4.85. The first-order chi connectivity index (χ1) is 11.5. The molecule has 1 aliphatic rings. The summed E-state index contributed by atoms with van der Waals surface area (Å²) < 4.78 is 6.28. The van der Waals surface area contributed by atoms with Crippen molar-refractivity contribution < 1.29 is 9.53 Å². The zero-order chi connectivity index (χ0) is 17.1. The molecule has 0 aliphatic heterocycles. The zero-order valence-electron chi connectivity index (χ0n) is 13.4. The standard InChI is InChI=1S/C19H19BrClNO2/c1-12(14-6-5-13-3-2-4-15(13)9-14)22-19(23)11-24-18-8-7-16(21)10-17(18)20/h5-10,12H,2-4,11H2,1H3,(H,22,23)/t12-/m1/s1. The molecule has 3 rings (SSSR count). The number of benzene rings is 2.